The Hall–Kier alpha value is -3.53. The van der Waals surface area contributed by atoms with Crippen LogP contribution < -0.4 is 15.1 Å². The van der Waals surface area contributed by atoms with Gasteiger partial charge in [0.05, 0.1) is 22.9 Å². The highest BCUT2D eigenvalue weighted by molar-refractivity contribution is 7.16. The van der Waals surface area contributed by atoms with Crippen LogP contribution in [0.2, 0.25) is 0 Å². The zero-order chi connectivity index (χ0) is 18.7. The number of amides is 1. The van der Waals surface area contributed by atoms with Gasteiger partial charge in [-0.15, -0.1) is 0 Å². The molecule has 0 aliphatic rings. The third kappa shape index (κ3) is 3.59. The van der Waals surface area contributed by atoms with Crippen molar-refractivity contribution in [3.8, 4) is 5.75 Å². The molecule has 132 valence electrons. The molecule has 3 aromatic rings. The Bertz CT molecular complexity index is 1070. The Morgan fingerprint density at radius 2 is 2.08 bits per heavy atom. The van der Waals surface area contributed by atoms with E-state index in [2.05, 4.69) is 10.5 Å². The molecule has 0 saturated carbocycles. The van der Waals surface area contributed by atoms with E-state index in [4.69, 9.17) is 9.15 Å². The fourth-order valence-corrected chi connectivity index (χ4v) is 2.89. The fraction of sp³-hybridized carbons (Fsp3) is 0.0625. The summed E-state index contributed by atoms with van der Waals surface area (Å²) in [4.78, 5) is 32.9. The average Bonchev–Trinajstić information content (AvgIpc) is 3.01. The lowest BCUT2D eigenvalue weighted by molar-refractivity contribution is -0.384. The molecule has 0 aliphatic carbocycles. The fourth-order valence-electron chi connectivity index (χ4n) is 2.16. The molecule has 0 radical (unpaired) electrons. The first-order chi connectivity index (χ1) is 12.5. The standard InChI is InChI=1S/C16H11N3O6S/c1-24-12-6-9(7-13-14(12)25-16(21)26-13)8-17-18-15(20)10-2-4-11(5-3-10)19(22)23/h2-8H,1H3,(H,18,20)/b17-8-. The number of hydrogen-bond acceptors (Lipinski definition) is 8. The average molecular weight is 373 g/mol. The van der Waals surface area contributed by atoms with Gasteiger partial charge in [-0.05, 0) is 29.8 Å². The summed E-state index contributed by atoms with van der Waals surface area (Å²) in [6.45, 7) is 0. The van der Waals surface area contributed by atoms with Crippen molar-refractivity contribution in [3.63, 3.8) is 0 Å². The van der Waals surface area contributed by atoms with Crippen molar-refractivity contribution in [1.82, 2.24) is 5.43 Å². The molecular weight excluding hydrogens is 362 g/mol. The van der Waals surface area contributed by atoms with E-state index in [1.807, 2.05) is 0 Å². The van der Waals surface area contributed by atoms with Crippen LogP contribution in [0.3, 0.4) is 0 Å². The maximum absolute atomic E-state index is 12.0. The van der Waals surface area contributed by atoms with E-state index in [9.17, 15) is 19.7 Å². The molecular formula is C16H11N3O6S. The van der Waals surface area contributed by atoms with Crippen molar-refractivity contribution in [1.29, 1.82) is 0 Å². The van der Waals surface area contributed by atoms with Gasteiger partial charge in [-0.2, -0.15) is 5.10 Å². The molecule has 1 amide bonds. The van der Waals surface area contributed by atoms with Crippen molar-refractivity contribution in [2.24, 2.45) is 5.10 Å². The molecule has 3 rings (SSSR count). The second-order valence-electron chi connectivity index (χ2n) is 5.01. The van der Waals surface area contributed by atoms with Crippen molar-refractivity contribution in [2.45, 2.75) is 0 Å². The van der Waals surface area contributed by atoms with Crippen molar-refractivity contribution < 1.29 is 18.9 Å². The number of nitro groups is 1. The Morgan fingerprint density at radius 1 is 1.35 bits per heavy atom. The van der Waals surface area contributed by atoms with E-state index in [0.717, 1.165) is 11.3 Å². The smallest absolute Gasteiger partial charge is 0.396 e. The van der Waals surface area contributed by atoms with E-state index in [1.54, 1.807) is 12.1 Å². The molecule has 0 unspecified atom stereocenters. The Labute approximate surface area is 149 Å². The topological polar surface area (TPSA) is 124 Å². The van der Waals surface area contributed by atoms with Crippen LogP contribution in [0.1, 0.15) is 15.9 Å². The minimum absolute atomic E-state index is 0.107. The SMILES string of the molecule is COc1cc(/C=N\NC(=O)c2ccc([N+](=O)[O-])cc2)cc2sc(=O)oc12. The number of ether oxygens (including phenoxy) is 1. The quantitative estimate of drug-likeness (QED) is 0.416. The number of hydrogen-bond donors (Lipinski definition) is 1. The lowest BCUT2D eigenvalue weighted by Gasteiger charge is -2.02. The second kappa shape index (κ2) is 7.15. The number of nitrogens with zero attached hydrogens (tertiary/aromatic N) is 2. The van der Waals surface area contributed by atoms with Gasteiger partial charge < -0.3 is 9.15 Å². The van der Waals surface area contributed by atoms with Crippen molar-refractivity contribution in [3.05, 3.63) is 67.4 Å². The van der Waals surface area contributed by atoms with Gasteiger partial charge in [-0.1, -0.05) is 11.3 Å². The van der Waals surface area contributed by atoms with Crippen LogP contribution in [-0.2, 0) is 0 Å². The first kappa shape index (κ1) is 17.3. The van der Waals surface area contributed by atoms with Gasteiger partial charge in [0, 0.05) is 17.7 Å². The van der Waals surface area contributed by atoms with E-state index >= 15 is 0 Å². The third-order valence-corrected chi connectivity index (χ3v) is 4.13. The Kier molecular flexibility index (Phi) is 4.76. The summed E-state index contributed by atoms with van der Waals surface area (Å²) in [5.74, 6) is -0.138. The van der Waals surface area contributed by atoms with Gasteiger partial charge in [0.1, 0.15) is 0 Å². The zero-order valence-electron chi connectivity index (χ0n) is 13.3. The third-order valence-electron chi connectivity index (χ3n) is 3.36. The molecule has 0 bridgehead atoms. The van der Waals surface area contributed by atoms with Gasteiger partial charge >= 0.3 is 4.94 Å². The molecule has 10 heteroatoms. The Morgan fingerprint density at radius 3 is 2.73 bits per heavy atom. The number of methoxy groups -OCH3 is 1. The van der Waals surface area contributed by atoms with E-state index < -0.39 is 15.8 Å². The lowest BCUT2D eigenvalue weighted by Crippen LogP contribution is -2.17. The molecule has 0 fully saturated rings. The lowest BCUT2D eigenvalue weighted by atomic mass is 10.2. The van der Waals surface area contributed by atoms with Crippen LogP contribution in [0.4, 0.5) is 5.69 Å². The largest absolute Gasteiger partial charge is 0.493 e. The highest BCUT2D eigenvalue weighted by Crippen LogP contribution is 2.28. The molecule has 1 aromatic heterocycles. The van der Waals surface area contributed by atoms with Gasteiger partial charge in [-0.25, -0.2) is 10.2 Å². The summed E-state index contributed by atoms with van der Waals surface area (Å²) in [5.41, 5.74) is 3.40. The van der Waals surface area contributed by atoms with Crippen molar-refractivity contribution in [2.75, 3.05) is 7.11 Å². The summed E-state index contributed by atoms with van der Waals surface area (Å²) >= 11 is 0.930. The monoisotopic (exact) mass is 373 g/mol. The molecule has 26 heavy (non-hydrogen) atoms. The van der Waals surface area contributed by atoms with Crippen LogP contribution in [-0.4, -0.2) is 24.2 Å². The van der Waals surface area contributed by atoms with Crippen LogP contribution >= 0.6 is 11.3 Å². The zero-order valence-corrected chi connectivity index (χ0v) is 14.1. The molecule has 2 aromatic carbocycles. The number of nitrogens with one attached hydrogen (secondary N) is 1. The van der Waals surface area contributed by atoms with Crippen LogP contribution in [0.5, 0.6) is 5.75 Å². The van der Waals surface area contributed by atoms with Crippen molar-refractivity contribution >= 4 is 39.4 Å². The van der Waals surface area contributed by atoms with E-state index in [1.165, 1.54) is 37.6 Å². The minimum Gasteiger partial charge on any atom is -0.493 e. The number of non-ortho nitro benzene ring substituents is 1. The van der Waals surface area contributed by atoms with Gasteiger partial charge in [0.2, 0.25) is 0 Å². The molecule has 1 N–H and O–H groups in total. The normalized spacial score (nSPS) is 11.0. The van der Waals surface area contributed by atoms with Crippen LogP contribution in [0.25, 0.3) is 10.3 Å². The predicted octanol–water partition coefficient (Wildman–Crippen LogP) is 2.54. The first-order valence-electron chi connectivity index (χ1n) is 7.17. The number of hydrazone groups is 1. The van der Waals surface area contributed by atoms with Crippen LogP contribution in [0, 0.1) is 10.1 Å². The van der Waals surface area contributed by atoms with E-state index in [0.29, 0.717) is 21.6 Å². The number of benzene rings is 2. The number of carbonyl (C=O) groups is 1. The number of fused-ring (bicyclic) bond motifs is 1. The highest BCUT2D eigenvalue weighted by Gasteiger charge is 2.11. The van der Waals surface area contributed by atoms with Gasteiger partial charge in [0.25, 0.3) is 11.6 Å². The summed E-state index contributed by atoms with van der Waals surface area (Å²) < 4.78 is 10.8. The Balaban J connectivity index is 1.75. The molecule has 0 spiro atoms. The van der Waals surface area contributed by atoms with Gasteiger partial charge in [-0.3, -0.25) is 14.9 Å². The summed E-state index contributed by atoms with van der Waals surface area (Å²) in [5, 5.41) is 14.5. The summed E-state index contributed by atoms with van der Waals surface area (Å²) in [7, 11) is 1.45. The second-order valence-corrected chi connectivity index (χ2v) is 5.98. The molecule has 0 aliphatic heterocycles. The van der Waals surface area contributed by atoms with E-state index in [-0.39, 0.29) is 11.3 Å². The molecule has 0 saturated heterocycles. The van der Waals surface area contributed by atoms with Crippen LogP contribution in [0.15, 0.2) is 50.7 Å². The summed E-state index contributed by atoms with van der Waals surface area (Å²) in [6, 6.07) is 8.42. The number of rotatable bonds is 5. The highest BCUT2D eigenvalue weighted by atomic mass is 32.1. The number of nitro benzene ring substituents is 1. The molecule has 9 nitrogen and oxygen atoms in total. The first-order valence-corrected chi connectivity index (χ1v) is 7.99. The predicted molar refractivity (Wildman–Crippen MR) is 95.1 cm³/mol. The molecule has 1 heterocycles. The molecule has 0 atom stereocenters. The van der Waals surface area contributed by atoms with Gasteiger partial charge in [0.15, 0.2) is 11.3 Å². The maximum Gasteiger partial charge on any atom is 0.396 e. The minimum atomic E-state index is -0.548. The summed E-state index contributed by atoms with van der Waals surface area (Å²) in [6.07, 6.45) is 1.38. The maximum atomic E-state index is 12.0. The number of carbonyl (C=O) groups excluding carboxylic acids is 1.